The van der Waals surface area contributed by atoms with Gasteiger partial charge in [0.25, 0.3) is 0 Å². The van der Waals surface area contributed by atoms with E-state index >= 15 is 0 Å². The highest BCUT2D eigenvalue weighted by Crippen LogP contribution is 2.20. The van der Waals surface area contributed by atoms with Gasteiger partial charge in [-0.1, -0.05) is 27.7 Å². The number of hydrogen-bond donors (Lipinski definition) is 1. The zero-order valence-electron chi connectivity index (χ0n) is 16.8. The van der Waals surface area contributed by atoms with Crippen LogP contribution in [-0.4, -0.2) is 66.6 Å². The fourth-order valence-electron chi connectivity index (χ4n) is 2.50. The number of carbonyl (C=O) groups excluding carboxylic acids is 1. The van der Waals surface area contributed by atoms with Crippen LogP contribution in [0, 0.1) is 0 Å². The van der Waals surface area contributed by atoms with Crippen molar-refractivity contribution < 1.29 is 9.90 Å². The summed E-state index contributed by atoms with van der Waals surface area (Å²) in [5, 5.41) is 9.65. The average molecular weight is 331 g/mol. The van der Waals surface area contributed by atoms with Gasteiger partial charge in [-0.25, -0.2) is 0 Å². The maximum absolute atomic E-state index is 10.8. The molecule has 140 valence electrons. The molecule has 2 aliphatic heterocycles. The third kappa shape index (κ3) is 14.9. The largest absolute Gasteiger partial charge is 0.390 e. The van der Waals surface area contributed by atoms with Crippen molar-refractivity contribution in [1.29, 1.82) is 0 Å². The molecular formula is C19H42N2O2. The van der Waals surface area contributed by atoms with Crippen LogP contribution in [-0.2, 0) is 4.79 Å². The first kappa shape index (κ1) is 24.8. The average Bonchev–Trinajstić information content (AvgIpc) is 2.83. The normalized spacial score (nSPS) is 26.2. The molecule has 1 atom stereocenters. The Morgan fingerprint density at radius 3 is 1.96 bits per heavy atom. The van der Waals surface area contributed by atoms with Crippen molar-refractivity contribution in [1.82, 2.24) is 9.80 Å². The first-order chi connectivity index (χ1) is 10.9. The Morgan fingerprint density at radius 2 is 1.35 bits per heavy atom. The van der Waals surface area contributed by atoms with Gasteiger partial charge < -0.3 is 14.9 Å². The van der Waals surface area contributed by atoms with Crippen LogP contribution in [0.15, 0.2) is 0 Å². The molecule has 0 bridgehead atoms. The summed E-state index contributed by atoms with van der Waals surface area (Å²) in [4.78, 5) is 15.3. The fraction of sp³-hybridized carbons (Fsp3) is 0.947. The Hall–Kier alpha value is -0.450. The number of rotatable bonds is 0. The second-order valence-electron chi connectivity index (χ2n) is 6.35. The molecule has 2 rings (SSSR count). The number of nitrogens with zero attached hydrogens (tertiary/aromatic N) is 2. The van der Waals surface area contributed by atoms with Crippen molar-refractivity contribution >= 4 is 5.78 Å². The Balaban J connectivity index is 0. The zero-order chi connectivity index (χ0) is 18.3. The molecule has 1 N–H and O–H groups in total. The van der Waals surface area contributed by atoms with Gasteiger partial charge in [0.1, 0.15) is 5.78 Å². The molecule has 0 spiro atoms. The van der Waals surface area contributed by atoms with Crippen molar-refractivity contribution in [2.24, 2.45) is 0 Å². The Labute approximate surface area is 145 Å². The van der Waals surface area contributed by atoms with Crippen LogP contribution in [0.25, 0.3) is 0 Å². The Bertz CT molecular complexity index is 281. The van der Waals surface area contributed by atoms with Gasteiger partial charge in [-0.05, 0) is 59.8 Å². The number of ketones is 1. The summed E-state index contributed by atoms with van der Waals surface area (Å²) in [7, 11) is 4.18. The highest BCUT2D eigenvalue weighted by atomic mass is 16.3. The Kier molecular flexibility index (Phi) is 16.3. The molecule has 2 aliphatic rings. The van der Waals surface area contributed by atoms with Gasteiger partial charge in [-0.2, -0.15) is 0 Å². The van der Waals surface area contributed by atoms with E-state index in [1.807, 2.05) is 34.6 Å². The molecule has 0 aromatic heterocycles. The lowest BCUT2D eigenvalue weighted by Crippen LogP contribution is -2.26. The molecule has 0 radical (unpaired) electrons. The molecule has 2 saturated heterocycles. The number of Topliss-reactive ketones (excluding diaryl/α,β-unsaturated/α-hetero) is 1. The van der Waals surface area contributed by atoms with Gasteiger partial charge in [0.15, 0.2) is 0 Å². The summed E-state index contributed by atoms with van der Waals surface area (Å²) in [5.74, 6) is 0.430. The SMILES string of the molecule is CC.CC.CN1CCCC(=O)CC1.CN1CCCC(C)(O)CC1. The lowest BCUT2D eigenvalue weighted by molar-refractivity contribution is -0.118. The number of aliphatic hydroxyl groups is 1. The van der Waals surface area contributed by atoms with Crippen LogP contribution in [0.2, 0.25) is 0 Å². The summed E-state index contributed by atoms with van der Waals surface area (Å²) in [6.07, 6.45) is 5.61. The monoisotopic (exact) mass is 330 g/mol. The highest BCUT2D eigenvalue weighted by Gasteiger charge is 2.23. The first-order valence-corrected chi connectivity index (χ1v) is 9.50. The molecule has 0 amide bonds. The zero-order valence-corrected chi connectivity index (χ0v) is 16.8. The number of likely N-dealkylation sites (tertiary alicyclic amines) is 2. The standard InChI is InChI=1S/C8H17NO.C7H13NO.2C2H6/c1-8(10)4-3-6-9(2)7-5-8;1-8-5-2-3-7(9)4-6-8;2*1-2/h10H,3-7H2,1-2H3;2-6H2,1H3;2*1-2H3. The molecule has 4 nitrogen and oxygen atoms in total. The quantitative estimate of drug-likeness (QED) is 0.737. The van der Waals surface area contributed by atoms with Crippen molar-refractivity contribution in [3.05, 3.63) is 0 Å². The van der Waals surface area contributed by atoms with E-state index in [0.29, 0.717) is 5.78 Å². The minimum Gasteiger partial charge on any atom is -0.390 e. The van der Waals surface area contributed by atoms with E-state index in [9.17, 15) is 9.90 Å². The van der Waals surface area contributed by atoms with Gasteiger partial charge in [-0.3, -0.25) is 4.79 Å². The second kappa shape index (κ2) is 15.1. The molecule has 0 saturated carbocycles. The third-order valence-electron chi connectivity index (χ3n) is 4.06. The third-order valence-corrected chi connectivity index (χ3v) is 4.06. The maximum Gasteiger partial charge on any atom is 0.134 e. The van der Waals surface area contributed by atoms with E-state index in [0.717, 1.165) is 64.7 Å². The molecular weight excluding hydrogens is 288 g/mol. The van der Waals surface area contributed by atoms with E-state index in [1.165, 1.54) is 0 Å². The van der Waals surface area contributed by atoms with Gasteiger partial charge >= 0.3 is 0 Å². The van der Waals surface area contributed by atoms with E-state index in [-0.39, 0.29) is 0 Å². The first-order valence-electron chi connectivity index (χ1n) is 9.50. The van der Waals surface area contributed by atoms with Gasteiger partial charge in [0.2, 0.25) is 0 Å². The molecule has 0 aromatic carbocycles. The lowest BCUT2D eigenvalue weighted by Gasteiger charge is -2.20. The Morgan fingerprint density at radius 1 is 0.826 bits per heavy atom. The van der Waals surface area contributed by atoms with Crippen molar-refractivity contribution in [2.45, 2.75) is 78.7 Å². The molecule has 2 heterocycles. The predicted octanol–water partition coefficient (Wildman–Crippen LogP) is 3.58. The summed E-state index contributed by atoms with van der Waals surface area (Å²) < 4.78 is 0. The molecule has 23 heavy (non-hydrogen) atoms. The van der Waals surface area contributed by atoms with Crippen LogP contribution in [0.5, 0.6) is 0 Å². The van der Waals surface area contributed by atoms with Gasteiger partial charge in [-0.15, -0.1) is 0 Å². The van der Waals surface area contributed by atoms with Gasteiger partial charge in [0, 0.05) is 25.9 Å². The minimum absolute atomic E-state index is 0.398. The fourth-order valence-corrected chi connectivity index (χ4v) is 2.50. The lowest BCUT2D eigenvalue weighted by atomic mass is 9.98. The molecule has 0 aromatic rings. The van der Waals surface area contributed by atoms with Crippen molar-refractivity contribution in [2.75, 3.05) is 40.3 Å². The van der Waals surface area contributed by atoms with Gasteiger partial charge in [0.05, 0.1) is 5.60 Å². The van der Waals surface area contributed by atoms with Crippen LogP contribution in [0.3, 0.4) is 0 Å². The summed E-state index contributed by atoms with van der Waals surface area (Å²) in [6, 6.07) is 0. The van der Waals surface area contributed by atoms with E-state index in [4.69, 9.17) is 0 Å². The molecule has 1 unspecified atom stereocenters. The molecule has 2 fully saturated rings. The second-order valence-corrected chi connectivity index (χ2v) is 6.35. The van der Waals surface area contributed by atoms with Crippen LogP contribution < -0.4 is 0 Å². The van der Waals surface area contributed by atoms with E-state index < -0.39 is 5.60 Å². The minimum atomic E-state index is -0.398. The topological polar surface area (TPSA) is 43.8 Å². The summed E-state index contributed by atoms with van der Waals surface area (Å²) in [5.41, 5.74) is -0.398. The van der Waals surface area contributed by atoms with E-state index in [1.54, 1.807) is 0 Å². The van der Waals surface area contributed by atoms with E-state index in [2.05, 4.69) is 23.9 Å². The number of carbonyl (C=O) groups is 1. The maximum atomic E-state index is 10.8. The summed E-state index contributed by atoms with van der Waals surface area (Å²) in [6.45, 7) is 14.2. The summed E-state index contributed by atoms with van der Waals surface area (Å²) >= 11 is 0. The van der Waals surface area contributed by atoms with Crippen LogP contribution in [0.4, 0.5) is 0 Å². The van der Waals surface area contributed by atoms with Crippen molar-refractivity contribution in [3.8, 4) is 0 Å². The highest BCUT2D eigenvalue weighted by molar-refractivity contribution is 5.78. The smallest absolute Gasteiger partial charge is 0.134 e. The number of hydrogen-bond acceptors (Lipinski definition) is 4. The predicted molar refractivity (Wildman–Crippen MR) is 101 cm³/mol. The molecule has 0 aliphatic carbocycles. The van der Waals surface area contributed by atoms with Crippen LogP contribution in [0.1, 0.15) is 73.1 Å². The van der Waals surface area contributed by atoms with Crippen molar-refractivity contribution in [3.63, 3.8) is 0 Å². The molecule has 4 heteroatoms. The van der Waals surface area contributed by atoms with Crippen LogP contribution >= 0.6 is 0 Å².